The molecule has 0 aromatic carbocycles. The van der Waals surface area contributed by atoms with Crippen molar-refractivity contribution in [3.8, 4) is 0 Å². The van der Waals surface area contributed by atoms with Crippen LogP contribution in [0.3, 0.4) is 0 Å². The molecule has 2 fully saturated rings. The summed E-state index contributed by atoms with van der Waals surface area (Å²) in [5, 5.41) is 0. The molecule has 0 aromatic rings. The van der Waals surface area contributed by atoms with Crippen molar-refractivity contribution in [2.45, 2.75) is 51.9 Å². The van der Waals surface area contributed by atoms with Crippen molar-refractivity contribution in [2.75, 3.05) is 0 Å². The molecule has 0 amide bonds. The van der Waals surface area contributed by atoms with Crippen molar-refractivity contribution < 1.29 is 0 Å². The van der Waals surface area contributed by atoms with Gasteiger partial charge in [0.15, 0.2) is 0 Å². The van der Waals surface area contributed by atoms with Gasteiger partial charge in [-0.05, 0) is 43.4 Å². The first-order chi connectivity index (χ1) is 5.71. The predicted molar refractivity (Wildman–Crippen MR) is 53.1 cm³/mol. The Balaban J connectivity index is 2.12. The van der Waals surface area contributed by atoms with Crippen molar-refractivity contribution in [1.82, 2.24) is 0 Å². The first kappa shape index (κ1) is 8.34. The van der Waals surface area contributed by atoms with Gasteiger partial charge in [-0.3, -0.25) is 0 Å². The minimum Gasteiger partial charge on any atom is -0.0998 e. The molecular formula is C12H20. The third-order valence-corrected chi connectivity index (χ3v) is 4.04. The number of hydrogen-bond donors (Lipinski definition) is 0. The maximum Gasteiger partial charge on any atom is -0.0260 e. The molecular weight excluding hydrogens is 144 g/mol. The average molecular weight is 164 g/mol. The van der Waals surface area contributed by atoms with E-state index in [-0.39, 0.29) is 0 Å². The molecule has 0 aromatic heterocycles. The second kappa shape index (κ2) is 2.90. The van der Waals surface area contributed by atoms with Crippen molar-refractivity contribution in [3.05, 3.63) is 12.2 Å². The van der Waals surface area contributed by atoms with E-state index >= 15 is 0 Å². The molecule has 2 rings (SSSR count). The highest BCUT2D eigenvalue weighted by atomic mass is 14.4. The van der Waals surface area contributed by atoms with E-state index in [1.54, 1.807) is 0 Å². The van der Waals surface area contributed by atoms with Crippen molar-refractivity contribution >= 4 is 0 Å². The molecule has 0 heterocycles. The Morgan fingerprint density at radius 1 is 1.33 bits per heavy atom. The Hall–Kier alpha value is -0.260. The minimum absolute atomic E-state index is 0.646. The Labute approximate surface area is 76.1 Å². The third kappa shape index (κ3) is 1.32. The van der Waals surface area contributed by atoms with Gasteiger partial charge in [0.1, 0.15) is 0 Å². The zero-order chi connectivity index (χ0) is 8.60. The second-order valence-corrected chi connectivity index (χ2v) is 5.06. The molecule has 0 bridgehead atoms. The van der Waals surface area contributed by atoms with E-state index in [0.29, 0.717) is 5.41 Å². The second-order valence-electron chi connectivity index (χ2n) is 5.06. The van der Waals surface area contributed by atoms with E-state index in [2.05, 4.69) is 13.5 Å². The van der Waals surface area contributed by atoms with Gasteiger partial charge < -0.3 is 0 Å². The topological polar surface area (TPSA) is 0 Å². The summed E-state index contributed by atoms with van der Waals surface area (Å²) in [5.74, 6) is 1.02. The quantitative estimate of drug-likeness (QED) is 0.476. The summed E-state index contributed by atoms with van der Waals surface area (Å²) in [6, 6.07) is 0. The van der Waals surface area contributed by atoms with Gasteiger partial charge in [-0.15, -0.1) is 0 Å². The average Bonchev–Trinajstić information content (AvgIpc) is 2.02. The molecule has 0 aliphatic heterocycles. The van der Waals surface area contributed by atoms with E-state index < -0.39 is 0 Å². The van der Waals surface area contributed by atoms with Crippen molar-refractivity contribution in [2.24, 2.45) is 11.3 Å². The lowest BCUT2D eigenvalue weighted by Gasteiger charge is -2.45. The van der Waals surface area contributed by atoms with E-state index in [9.17, 15) is 0 Å². The van der Waals surface area contributed by atoms with Gasteiger partial charge in [0.25, 0.3) is 0 Å². The number of hydrogen-bond acceptors (Lipinski definition) is 0. The molecule has 2 atom stereocenters. The van der Waals surface area contributed by atoms with E-state index in [4.69, 9.17) is 0 Å². The van der Waals surface area contributed by atoms with Crippen LogP contribution >= 0.6 is 0 Å². The Bertz CT molecular complexity index is 192. The van der Waals surface area contributed by atoms with Crippen molar-refractivity contribution in [1.29, 1.82) is 0 Å². The summed E-state index contributed by atoms with van der Waals surface area (Å²) in [6.45, 7) is 6.64. The standard InChI is InChI=1S/C12H20/c1-10-6-7-11-5-3-4-8-12(11,2)9-10/h11H,1,3-9H2,2H3/t11-,12-/m0/s1. The summed E-state index contributed by atoms with van der Waals surface area (Å²) in [7, 11) is 0. The molecule has 2 aliphatic carbocycles. The smallest absolute Gasteiger partial charge is 0.0260 e. The van der Waals surface area contributed by atoms with Crippen LogP contribution in [0.5, 0.6) is 0 Å². The minimum atomic E-state index is 0.646. The zero-order valence-corrected chi connectivity index (χ0v) is 8.23. The fourth-order valence-electron chi connectivity index (χ4n) is 3.24. The summed E-state index contributed by atoms with van der Waals surface area (Å²) < 4.78 is 0. The highest BCUT2D eigenvalue weighted by molar-refractivity contribution is 5.07. The van der Waals surface area contributed by atoms with Crippen LogP contribution in [0.1, 0.15) is 51.9 Å². The molecule has 0 unspecified atom stereocenters. The van der Waals surface area contributed by atoms with Gasteiger partial charge in [0.2, 0.25) is 0 Å². The fraction of sp³-hybridized carbons (Fsp3) is 0.833. The molecule has 0 nitrogen and oxygen atoms in total. The summed E-state index contributed by atoms with van der Waals surface area (Å²) in [4.78, 5) is 0. The van der Waals surface area contributed by atoms with Crippen molar-refractivity contribution in [3.63, 3.8) is 0 Å². The lowest BCUT2D eigenvalue weighted by atomic mass is 9.60. The van der Waals surface area contributed by atoms with E-state index in [1.807, 2.05) is 0 Å². The Morgan fingerprint density at radius 3 is 3.00 bits per heavy atom. The van der Waals surface area contributed by atoms with Gasteiger partial charge in [0, 0.05) is 0 Å². The van der Waals surface area contributed by atoms with Gasteiger partial charge in [-0.25, -0.2) is 0 Å². The van der Waals surface area contributed by atoms with Crippen LogP contribution in [0.2, 0.25) is 0 Å². The summed E-state index contributed by atoms with van der Waals surface area (Å²) >= 11 is 0. The van der Waals surface area contributed by atoms with Crippen LogP contribution in [-0.4, -0.2) is 0 Å². The monoisotopic (exact) mass is 164 g/mol. The number of fused-ring (bicyclic) bond motifs is 1. The number of allylic oxidation sites excluding steroid dienone is 1. The van der Waals surface area contributed by atoms with E-state index in [0.717, 1.165) is 5.92 Å². The third-order valence-electron chi connectivity index (χ3n) is 4.04. The maximum atomic E-state index is 4.15. The largest absolute Gasteiger partial charge is 0.0998 e. The Morgan fingerprint density at radius 2 is 2.17 bits per heavy atom. The van der Waals surface area contributed by atoms with Crippen LogP contribution in [0.15, 0.2) is 12.2 Å². The van der Waals surface area contributed by atoms with Gasteiger partial charge in [0.05, 0.1) is 0 Å². The normalized spacial score (nSPS) is 42.4. The summed E-state index contributed by atoms with van der Waals surface area (Å²) in [5.41, 5.74) is 2.16. The molecule has 0 heteroatoms. The molecule has 2 aliphatic rings. The highest BCUT2D eigenvalue weighted by Crippen LogP contribution is 2.51. The van der Waals surface area contributed by atoms with Crippen LogP contribution in [0.25, 0.3) is 0 Å². The lowest BCUT2D eigenvalue weighted by Crippen LogP contribution is -2.34. The molecule has 0 saturated heterocycles. The zero-order valence-electron chi connectivity index (χ0n) is 8.23. The van der Waals surface area contributed by atoms with Crippen LogP contribution in [0, 0.1) is 11.3 Å². The molecule has 2 saturated carbocycles. The molecule has 68 valence electrons. The molecule has 12 heavy (non-hydrogen) atoms. The molecule has 0 N–H and O–H groups in total. The first-order valence-electron chi connectivity index (χ1n) is 5.37. The predicted octanol–water partition coefficient (Wildman–Crippen LogP) is 3.92. The van der Waals surface area contributed by atoms with Gasteiger partial charge in [-0.1, -0.05) is 31.9 Å². The van der Waals surface area contributed by atoms with Crippen LogP contribution in [-0.2, 0) is 0 Å². The molecule has 0 spiro atoms. The Kier molecular flexibility index (Phi) is 2.02. The number of rotatable bonds is 0. The summed E-state index contributed by atoms with van der Waals surface area (Å²) in [6.07, 6.45) is 9.93. The van der Waals surface area contributed by atoms with Crippen LogP contribution < -0.4 is 0 Å². The van der Waals surface area contributed by atoms with Crippen LogP contribution in [0.4, 0.5) is 0 Å². The lowest BCUT2D eigenvalue weighted by molar-refractivity contribution is 0.0882. The highest BCUT2D eigenvalue weighted by Gasteiger charge is 2.38. The first-order valence-corrected chi connectivity index (χ1v) is 5.37. The maximum absolute atomic E-state index is 4.15. The van der Waals surface area contributed by atoms with E-state index in [1.165, 1.54) is 50.5 Å². The molecule has 0 radical (unpaired) electrons. The SMILES string of the molecule is C=C1CC[C@@H]2CCCC[C@@]2(C)C1. The fourth-order valence-corrected chi connectivity index (χ4v) is 3.24. The van der Waals surface area contributed by atoms with Gasteiger partial charge in [-0.2, -0.15) is 0 Å². The van der Waals surface area contributed by atoms with Gasteiger partial charge >= 0.3 is 0 Å².